The Balaban J connectivity index is 1.35. The molecule has 0 saturated carbocycles. The molecule has 1 N–H and O–H groups in total. The van der Waals surface area contributed by atoms with E-state index in [1.165, 1.54) is 12.0 Å². The first kappa shape index (κ1) is 25.8. The summed E-state index contributed by atoms with van der Waals surface area (Å²) in [5.41, 5.74) is 2.11. The Hall–Kier alpha value is -4.86. The number of carbonyl (C=O) groups is 4. The van der Waals surface area contributed by atoms with Crippen LogP contribution in [0.1, 0.15) is 31.8 Å². The third-order valence-electron chi connectivity index (χ3n) is 6.90. The van der Waals surface area contributed by atoms with Crippen LogP contribution >= 0.6 is 0 Å². The fourth-order valence-electron chi connectivity index (χ4n) is 4.81. The average Bonchev–Trinajstić information content (AvgIpc) is 3.22. The number of imide groups is 1. The minimum atomic E-state index is -0.984. The summed E-state index contributed by atoms with van der Waals surface area (Å²) in [6.07, 6.45) is -0.772. The van der Waals surface area contributed by atoms with Gasteiger partial charge in [0.1, 0.15) is 24.1 Å². The lowest BCUT2D eigenvalue weighted by molar-refractivity contribution is -0.152. The third-order valence-corrected chi connectivity index (χ3v) is 6.90. The number of likely N-dealkylation sites (tertiary alicyclic amines) is 1. The Morgan fingerprint density at radius 2 is 1.54 bits per heavy atom. The van der Waals surface area contributed by atoms with Crippen molar-refractivity contribution in [2.75, 3.05) is 20.8 Å². The maximum absolute atomic E-state index is 13.3. The highest BCUT2D eigenvalue weighted by molar-refractivity contribution is 6.21. The molecule has 10 nitrogen and oxygen atoms in total. The molecule has 10 heteroatoms. The maximum Gasteiger partial charge on any atom is 0.408 e. The minimum absolute atomic E-state index is 0.0312. The minimum Gasteiger partial charge on any atom is -0.497 e. The summed E-state index contributed by atoms with van der Waals surface area (Å²) in [7, 11) is 3.05. The number of alkyl carbamates (subject to hydrolysis) is 1. The number of nitrogens with one attached hydrogen (secondary N) is 1. The van der Waals surface area contributed by atoms with Gasteiger partial charge in [0.05, 0.1) is 37.9 Å². The van der Waals surface area contributed by atoms with Crippen molar-refractivity contribution in [2.45, 2.75) is 25.2 Å². The standard InChI is InChI=1S/C29H27N3O7/c1-37-20-13-12-19(24(14-20)38-2)15-31-23(16-32-26(33)21-10-6-7-11-22(21)27(32)34)25(28(31)35)30-29(36)39-17-18-8-4-3-5-9-18/h3-14,23,25H,15-17H2,1-2H3,(H,30,36)/t23-,25+/m0/s1. The number of ether oxygens (including phenoxy) is 3. The van der Waals surface area contributed by atoms with E-state index in [2.05, 4.69) is 5.32 Å². The topological polar surface area (TPSA) is 114 Å². The van der Waals surface area contributed by atoms with Crippen LogP contribution in [-0.2, 0) is 22.7 Å². The summed E-state index contributed by atoms with van der Waals surface area (Å²) in [6, 6.07) is 19.3. The van der Waals surface area contributed by atoms with Crippen molar-refractivity contribution < 1.29 is 33.4 Å². The smallest absolute Gasteiger partial charge is 0.408 e. The molecule has 2 aliphatic heterocycles. The van der Waals surface area contributed by atoms with Gasteiger partial charge in [0.15, 0.2) is 0 Å². The highest BCUT2D eigenvalue weighted by Crippen LogP contribution is 2.32. The van der Waals surface area contributed by atoms with Crippen molar-refractivity contribution in [3.05, 3.63) is 95.1 Å². The third kappa shape index (κ3) is 5.00. The molecule has 1 fully saturated rings. The van der Waals surface area contributed by atoms with Crippen LogP contribution in [0, 0.1) is 0 Å². The SMILES string of the molecule is COc1ccc(CN2C(=O)[C@H](NC(=O)OCc3ccccc3)[C@@H]2CN2C(=O)c3ccccc3C2=O)c(OC)c1. The molecular formula is C29H27N3O7. The number of rotatable bonds is 9. The molecule has 5 rings (SSSR count). The Morgan fingerprint density at radius 3 is 2.18 bits per heavy atom. The fourth-order valence-corrected chi connectivity index (χ4v) is 4.81. The normalized spacial score (nSPS) is 17.9. The van der Waals surface area contributed by atoms with Crippen LogP contribution in [0.4, 0.5) is 4.79 Å². The van der Waals surface area contributed by atoms with Crippen molar-refractivity contribution in [3.8, 4) is 11.5 Å². The largest absolute Gasteiger partial charge is 0.497 e. The highest BCUT2D eigenvalue weighted by atomic mass is 16.5. The van der Waals surface area contributed by atoms with Gasteiger partial charge >= 0.3 is 6.09 Å². The molecule has 0 aliphatic carbocycles. The van der Waals surface area contributed by atoms with Gasteiger partial charge in [0, 0.05) is 18.2 Å². The molecule has 0 unspecified atom stereocenters. The van der Waals surface area contributed by atoms with Gasteiger partial charge in [-0.1, -0.05) is 42.5 Å². The predicted molar refractivity (Wildman–Crippen MR) is 139 cm³/mol. The first-order valence-electron chi connectivity index (χ1n) is 12.3. The summed E-state index contributed by atoms with van der Waals surface area (Å²) in [6.45, 7) is 0.0701. The van der Waals surface area contributed by atoms with E-state index in [0.29, 0.717) is 28.2 Å². The first-order valence-corrected chi connectivity index (χ1v) is 12.3. The van der Waals surface area contributed by atoms with E-state index in [4.69, 9.17) is 14.2 Å². The Kier molecular flexibility index (Phi) is 7.18. The number of amides is 4. The molecule has 3 aromatic rings. The van der Waals surface area contributed by atoms with E-state index in [1.54, 1.807) is 49.6 Å². The van der Waals surface area contributed by atoms with E-state index >= 15 is 0 Å². The fraction of sp³-hybridized carbons (Fsp3) is 0.241. The average molecular weight is 530 g/mol. The number of β-lactam (4-membered cyclic amide) rings is 1. The lowest BCUT2D eigenvalue weighted by Crippen LogP contribution is -2.73. The molecule has 0 aromatic heterocycles. The number of methoxy groups -OCH3 is 2. The summed E-state index contributed by atoms with van der Waals surface area (Å²) >= 11 is 0. The zero-order chi connectivity index (χ0) is 27.5. The molecule has 4 amide bonds. The molecule has 3 aromatic carbocycles. The molecule has 39 heavy (non-hydrogen) atoms. The second-order valence-electron chi connectivity index (χ2n) is 9.16. The van der Waals surface area contributed by atoms with Crippen LogP contribution in [0.15, 0.2) is 72.8 Å². The first-order chi connectivity index (χ1) is 18.9. The van der Waals surface area contributed by atoms with E-state index < -0.39 is 30.0 Å². The van der Waals surface area contributed by atoms with Crippen molar-refractivity contribution in [2.24, 2.45) is 0 Å². The molecule has 1 saturated heterocycles. The predicted octanol–water partition coefficient (Wildman–Crippen LogP) is 3.01. The molecule has 2 atom stereocenters. The van der Waals surface area contributed by atoms with Crippen LogP contribution in [0.2, 0.25) is 0 Å². The van der Waals surface area contributed by atoms with Gasteiger partial charge in [0.25, 0.3) is 11.8 Å². The monoisotopic (exact) mass is 529 g/mol. The Labute approximate surface area is 225 Å². The lowest BCUT2D eigenvalue weighted by Gasteiger charge is -2.48. The van der Waals surface area contributed by atoms with Gasteiger partial charge in [-0.25, -0.2) is 4.79 Å². The van der Waals surface area contributed by atoms with Crippen LogP contribution in [0.5, 0.6) is 11.5 Å². The summed E-state index contributed by atoms with van der Waals surface area (Å²) in [5, 5.41) is 2.62. The number of benzene rings is 3. The van der Waals surface area contributed by atoms with E-state index in [9.17, 15) is 19.2 Å². The van der Waals surface area contributed by atoms with Crippen molar-refractivity contribution in [1.82, 2.24) is 15.1 Å². The maximum atomic E-state index is 13.3. The number of hydrogen-bond donors (Lipinski definition) is 1. The Bertz CT molecular complexity index is 1390. The van der Waals surface area contributed by atoms with Crippen molar-refractivity contribution in [3.63, 3.8) is 0 Å². The van der Waals surface area contributed by atoms with Gasteiger partial charge < -0.3 is 24.4 Å². The molecule has 200 valence electrons. The number of carbonyl (C=O) groups excluding carboxylic acids is 4. The van der Waals surface area contributed by atoms with Gasteiger partial charge in [-0.05, 0) is 29.8 Å². The zero-order valence-corrected chi connectivity index (χ0v) is 21.5. The van der Waals surface area contributed by atoms with E-state index in [-0.39, 0.29) is 25.6 Å². The van der Waals surface area contributed by atoms with Gasteiger partial charge in [-0.3, -0.25) is 19.3 Å². The summed E-state index contributed by atoms with van der Waals surface area (Å²) < 4.78 is 16.0. The second-order valence-corrected chi connectivity index (χ2v) is 9.16. The Morgan fingerprint density at radius 1 is 0.872 bits per heavy atom. The quantitative estimate of drug-likeness (QED) is 0.335. The van der Waals surface area contributed by atoms with Gasteiger partial charge in [-0.15, -0.1) is 0 Å². The number of hydrogen-bond acceptors (Lipinski definition) is 7. The molecule has 0 spiro atoms. The number of fused-ring (bicyclic) bond motifs is 1. The lowest BCUT2D eigenvalue weighted by atomic mass is 9.93. The van der Waals surface area contributed by atoms with Crippen LogP contribution in [0.3, 0.4) is 0 Å². The van der Waals surface area contributed by atoms with Crippen molar-refractivity contribution >= 4 is 23.8 Å². The van der Waals surface area contributed by atoms with Gasteiger partial charge in [-0.2, -0.15) is 0 Å². The van der Waals surface area contributed by atoms with E-state index in [1.807, 2.05) is 30.3 Å². The van der Waals surface area contributed by atoms with Crippen LogP contribution < -0.4 is 14.8 Å². The molecule has 2 heterocycles. The van der Waals surface area contributed by atoms with E-state index in [0.717, 1.165) is 10.5 Å². The van der Waals surface area contributed by atoms with Crippen molar-refractivity contribution in [1.29, 1.82) is 0 Å². The van der Waals surface area contributed by atoms with Crippen LogP contribution in [-0.4, -0.2) is 66.5 Å². The highest BCUT2D eigenvalue weighted by Gasteiger charge is 2.51. The molecule has 0 bridgehead atoms. The summed E-state index contributed by atoms with van der Waals surface area (Å²) in [5.74, 6) is -0.148. The van der Waals surface area contributed by atoms with Gasteiger partial charge in [0.2, 0.25) is 5.91 Å². The van der Waals surface area contributed by atoms with Crippen LogP contribution in [0.25, 0.3) is 0 Å². The second kappa shape index (κ2) is 10.9. The zero-order valence-electron chi connectivity index (χ0n) is 21.5. The molecule has 0 radical (unpaired) electrons. The molecular weight excluding hydrogens is 502 g/mol. The number of nitrogens with zero attached hydrogens (tertiary/aromatic N) is 2. The molecule has 2 aliphatic rings. The summed E-state index contributed by atoms with van der Waals surface area (Å²) in [4.78, 5) is 54.6.